The fourth-order valence-electron chi connectivity index (χ4n) is 1.94. The number of anilines is 1. The van der Waals surface area contributed by atoms with Crippen molar-refractivity contribution in [3.63, 3.8) is 0 Å². The second kappa shape index (κ2) is 7.12. The highest BCUT2D eigenvalue weighted by atomic mass is 16.6. The van der Waals surface area contributed by atoms with E-state index >= 15 is 0 Å². The number of carbonyl (C=O) groups is 1. The number of rotatable bonds is 5. The standard InChI is InChI=1S/C14H20N2O4/c1-16-5-6-18-13(8-16)9-20-14(17)10-19-12-4-2-3-11(15)7-12/h2-4,7,13H,5-6,8-10,15H2,1H3. The monoisotopic (exact) mass is 280 g/mol. The first-order valence-corrected chi connectivity index (χ1v) is 6.57. The van der Waals surface area contributed by atoms with Crippen LogP contribution in [0.1, 0.15) is 0 Å². The molecule has 2 rings (SSSR count). The van der Waals surface area contributed by atoms with Crippen molar-refractivity contribution < 1.29 is 19.0 Å². The van der Waals surface area contributed by atoms with Crippen molar-refractivity contribution >= 4 is 11.7 Å². The minimum Gasteiger partial charge on any atom is -0.482 e. The van der Waals surface area contributed by atoms with Gasteiger partial charge < -0.3 is 24.8 Å². The predicted octanol–water partition coefficient (Wildman–Crippen LogP) is 0.521. The first kappa shape index (κ1) is 14.6. The third kappa shape index (κ3) is 4.71. The molecule has 1 aliphatic rings. The van der Waals surface area contributed by atoms with Gasteiger partial charge in [0, 0.05) is 24.8 Å². The Bertz CT molecular complexity index is 453. The summed E-state index contributed by atoms with van der Waals surface area (Å²) in [5.41, 5.74) is 6.21. The van der Waals surface area contributed by atoms with Gasteiger partial charge in [-0.1, -0.05) is 6.07 Å². The fraction of sp³-hybridized carbons (Fsp3) is 0.500. The molecule has 0 saturated carbocycles. The highest BCUT2D eigenvalue weighted by Gasteiger charge is 2.19. The Kier molecular flexibility index (Phi) is 5.20. The van der Waals surface area contributed by atoms with Gasteiger partial charge in [-0.05, 0) is 19.2 Å². The van der Waals surface area contributed by atoms with Crippen molar-refractivity contribution in [1.29, 1.82) is 0 Å². The Morgan fingerprint density at radius 1 is 1.55 bits per heavy atom. The molecule has 0 bridgehead atoms. The van der Waals surface area contributed by atoms with Gasteiger partial charge >= 0.3 is 5.97 Å². The van der Waals surface area contributed by atoms with Crippen LogP contribution in [0, 0.1) is 0 Å². The van der Waals surface area contributed by atoms with Crippen molar-refractivity contribution in [3.05, 3.63) is 24.3 Å². The van der Waals surface area contributed by atoms with E-state index in [0.29, 0.717) is 18.0 Å². The van der Waals surface area contributed by atoms with Gasteiger partial charge in [0.25, 0.3) is 0 Å². The topological polar surface area (TPSA) is 74.0 Å². The smallest absolute Gasteiger partial charge is 0.344 e. The lowest BCUT2D eigenvalue weighted by molar-refractivity contribution is -0.152. The van der Waals surface area contributed by atoms with Gasteiger partial charge in [0.2, 0.25) is 0 Å². The molecule has 6 heteroatoms. The van der Waals surface area contributed by atoms with E-state index < -0.39 is 5.97 Å². The molecule has 0 amide bonds. The van der Waals surface area contributed by atoms with Gasteiger partial charge in [0.1, 0.15) is 18.5 Å². The number of ether oxygens (including phenoxy) is 3. The van der Waals surface area contributed by atoms with Gasteiger partial charge in [0.05, 0.1) is 6.61 Å². The van der Waals surface area contributed by atoms with Gasteiger partial charge in [-0.2, -0.15) is 0 Å². The van der Waals surface area contributed by atoms with E-state index in [0.717, 1.165) is 13.1 Å². The summed E-state index contributed by atoms with van der Waals surface area (Å²) in [7, 11) is 2.01. The minimum absolute atomic E-state index is 0.0648. The van der Waals surface area contributed by atoms with Crippen molar-refractivity contribution in [3.8, 4) is 5.75 Å². The number of carbonyl (C=O) groups excluding carboxylic acids is 1. The molecule has 0 spiro atoms. The van der Waals surface area contributed by atoms with Crippen LogP contribution in [0.15, 0.2) is 24.3 Å². The van der Waals surface area contributed by atoms with E-state index in [1.165, 1.54) is 0 Å². The molecule has 2 N–H and O–H groups in total. The number of nitrogens with zero attached hydrogens (tertiary/aromatic N) is 1. The predicted molar refractivity (Wildman–Crippen MR) is 74.5 cm³/mol. The van der Waals surface area contributed by atoms with Crippen LogP contribution in [0.5, 0.6) is 5.75 Å². The molecule has 0 radical (unpaired) electrons. The summed E-state index contributed by atoms with van der Waals surface area (Å²) in [5.74, 6) is 0.139. The lowest BCUT2D eigenvalue weighted by atomic mass is 10.3. The number of morpholine rings is 1. The lowest BCUT2D eigenvalue weighted by Crippen LogP contribution is -2.42. The third-order valence-electron chi connectivity index (χ3n) is 2.99. The van der Waals surface area contributed by atoms with Crippen molar-refractivity contribution in [2.75, 3.05) is 45.7 Å². The number of benzene rings is 1. The molecule has 1 heterocycles. The lowest BCUT2D eigenvalue weighted by Gasteiger charge is -2.29. The zero-order chi connectivity index (χ0) is 14.4. The van der Waals surface area contributed by atoms with Gasteiger partial charge in [0.15, 0.2) is 6.61 Å². The van der Waals surface area contributed by atoms with Crippen LogP contribution in [0.3, 0.4) is 0 Å². The molecule has 1 aromatic rings. The molecular formula is C14H20N2O4. The van der Waals surface area contributed by atoms with E-state index in [-0.39, 0.29) is 19.3 Å². The average Bonchev–Trinajstić information content (AvgIpc) is 2.43. The summed E-state index contributed by atoms with van der Waals surface area (Å²) < 4.78 is 15.9. The summed E-state index contributed by atoms with van der Waals surface area (Å²) in [6.45, 7) is 2.46. The number of hydrogen-bond acceptors (Lipinski definition) is 6. The van der Waals surface area contributed by atoms with E-state index in [1.807, 2.05) is 7.05 Å². The van der Waals surface area contributed by atoms with Crippen molar-refractivity contribution in [2.45, 2.75) is 6.10 Å². The molecule has 20 heavy (non-hydrogen) atoms. The minimum atomic E-state index is -0.413. The SMILES string of the molecule is CN1CCOC(COC(=O)COc2cccc(N)c2)C1. The first-order valence-electron chi connectivity index (χ1n) is 6.57. The van der Waals surface area contributed by atoms with Crippen LogP contribution in [0.2, 0.25) is 0 Å². The molecule has 1 fully saturated rings. The summed E-state index contributed by atoms with van der Waals surface area (Å²) in [5, 5.41) is 0. The molecule has 1 aliphatic heterocycles. The second-order valence-corrected chi connectivity index (χ2v) is 4.80. The summed E-state index contributed by atoms with van der Waals surface area (Å²) in [4.78, 5) is 13.7. The van der Waals surface area contributed by atoms with E-state index in [2.05, 4.69) is 4.90 Å². The Morgan fingerprint density at radius 2 is 2.40 bits per heavy atom. The second-order valence-electron chi connectivity index (χ2n) is 4.80. The highest BCUT2D eigenvalue weighted by Crippen LogP contribution is 2.14. The number of nitrogen functional groups attached to an aromatic ring is 1. The first-order chi connectivity index (χ1) is 9.63. The molecule has 1 aromatic carbocycles. The molecule has 1 saturated heterocycles. The Morgan fingerprint density at radius 3 is 3.15 bits per heavy atom. The maximum absolute atomic E-state index is 11.6. The molecule has 1 atom stereocenters. The molecule has 6 nitrogen and oxygen atoms in total. The fourth-order valence-corrected chi connectivity index (χ4v) is 1.94. The van der Waals surface area contributed by atoms with Crippen LogP contribution in [-0.2, 0) is 14.3 Å². The molecule has 1 unspecified atom stereocenters. The van der Waals surface area contributed by atoms with Crippen LogP contribution in [0.25, 0.3) is 0 Å². The van der Waals surface area contributed by atoms with Gasteiger partial charge in [-0.15, -0.1) is 0 Å². The summed E-state index contributed by atoms with van der Waals surface area (Å²) in [6, 6.07) is 6.92. The van der Waals surface area contributed by atoms with Crippen LogP contribution >= 0.6 is 0 Å². The molecule has 110 valence electrons. The molecule has 0 aliphatic carbocycles. The Hall–Kier alpha value is -1.79. The third-order valence-corrected chi connectivity index (χ3v) is 2.99. The van der Waals surface area contributed by atoms with E-state index in [1.54, 1.807) is 24.3 Å². The summed E-state index contributed by atoms with van der Waals surface area (Å²) >= 11 is 0. The Labute approximate surface area is 118 Å². The molecule has 0 aromatic heterocycles. The van der Waals surface area contributed by atoms with Crippen LogP contribution in [-0.4, -0.2) is 56.9 Å². The zero-order valence-corrected chi connectivity index (χ0v) is 11.6. The zero-order valence-electron chi connectivity index (χ0n) is 11.6. The number of nitrogens with two attached hydrogens (primary N) is 1. The summed E-state index contributed by atoms with van der Waals surface area (Å²) in [6.07, 6.45) is -0.0648. The van der Waals surface area contributed by atoms with Crippen LogP contribution < -0.4 is 10.5 Å². The number of hydrogen-bond donors (Lipinski definition) is 1. The molecular weight excluding hydrogens is 260 g/mol. The normalized spacial score (nSPS) is 19.6. The van der Waals surface area contributed by atoms with E-state index in [9.17, 15) is 4.79 Å². The van der Waals surface area contributed by atoms with Crippen LogP contribution in [0.4, 0.5) is 5.69 Å². The maximum Gasteiger partial charge on any atom is 0.344 e. The Balaban J connectivity index is 1.67. The van der Waals surface area contributed by atoms with Crippen molar-refractivity contribution in [1.82, 2.24) is 4.90 Å². The maximum atomic E-state index is 11.6. The van der Waals surface area contributed by atoms with Gasteiger partial charge in [-0.3, -0.25) is 0 Å². The quantitative estimate of drug-likeness (QED) is 0.626. The largest absolute Gasteiger partial charge is 0.482 e. The average molecular weight is 280 g/mol. The highest BCUT2D eigenvalue weighted by molar-refractivity contribution is 5.71. The number of likely N-dealkylation sites (N-methyl/N-ethyl adjacent to an activating group) is 1. The van der Waals surface area contributed by atoms with E-state index in [4.69, 9.17) is 19.9 Å². The van der Waals surface area contributed by atoms with Gasteiger partial charge in [-0.25, -0.2) is 4.79 Å². The van der Waals surface area contributed by atoms with Crippen molar-refractivity contribution in [2.24, 2.45) is 0 Å². The number of esters is 1.